The molecule has 2 heterocycles. The van der Waals surface area contributed by atoms with Gasteiger partial charge in [-0.15, -0.1) is 11.3 Å². The monoisotopic (exact) mass is 268 g/mol. The second-order valence-corrected chi connectivity index (χ2v) is 6.97. The molecule has 0 amide bonds. The van der Waals surface area contributed by atoms with E-state index < -0.39 is 0 Å². The van der Waals surface area contributed by atoms with Crippen LogP contribution in [0.3, 0.4) is 0 Å². The lowest BCUT2D eigenvalue weighted by molar-refractivity contribution is 0.0831. The lowest BCUT2D eigenvalue weighted by atomic mass is 9.98. The van der Waals surface area contributed by atoms with E-state index in [1.807, 2.05) is 0 Å². The Kier molecular flexibility index (Phi) is 4.41. The van der Waals surface area contributed by atoms with E-state index in [9.17, 15) is 0 Å². The average Bonchev–Trinajstić information content (AvgIpc) is 2.96. The number of nitrogens with one attached hydrogen (secondary N) is 1. The molecule has 0 bridgehead atoms. The van der Waals surface area contributed by atoms with E-state index >= 15 is 0 Å². The molecule has 1 aliphatic rings. The molecule has 0 aromatic carbocycles. The fraction of sp³-hybridized carbons (Fsp3) is 0.786. The van der Waals surface area contributed by atoms with Gasteiger partial charge in [0.15, 0.2) is 0 Å². The maximum absolute atomic E-state index is 5.68. The number of nitrogens with zero attached hydrogens (tertiary/aromatic N) is 1. The molecule has 0 saturated carbocycles. The van der Waals surface area contributed by atoms with Crippen molar-refractivity contribution in [2.24, 2.45) is 0 Å². The Morgan fingerprint density at radius 2 is 2.33 bits per heavy atom. The van der Waals surface area contributed by atoms with Gasteiger partial charge in [-0.1, -0.05) is 20.8 Å². The van der Waals surface area contributed by atoms with Crippen molar-refractivity contribution in [3.63, 3.8) is 0 Å². The summed E-state index contributed by atoms with van der Waals surface area (Å²) in [6.45, 7) is 10.6. The molecule has 0 radical (unpaired) electrons. The van der Waals surface area contributed by atoms with E-state index in [1.165, 1.54) is 17.8 Å². The van der Waals surface area contributed by atoms with Gasteiger partial charge in [0.1, 0.15) is 0 Å². The van der Waals surface area contributed by atoms with Crippen LogP contribution in [0.5, 0.6) is 0 Å². The molecule has 2 atom stereocenters. The molecule has 3 nitrogen and oxygen atoms in total. The van der Waals surface area contributed by atoms with Crippen molar-refractivity contribution >= 4 is 11.3 Å². The molecule has 4 heteroatoms. The summed E-state index contributed by atoms with van der Waals surface area (Å²) in [6, 6.07) is 0.410. The van der Waals surface area contributed by atoms with Crippen molar-refractivity contribution < 1.29 is 4.74 Å². The van der Waals surface area contributed by atoms with E-state index in [0.29, 0.717) is 12.1 Å². The molecule has 102 valence electrons. The van der Waals surface area contributed by atoms with Crippen LogP contribution in [0.1, 0.15) is 51.2 Å². The molecule has 1 N–H and O–H groups in total. The molecule has 2 rings (SSSR count). The van der Waals surface area contributed by atoms with Crippen LogP contribution < -0.4 is 5.32 Å². The smallest absolute Gasteiger partial charge is 0.0982 e. The van der Waals surface area contributed by atoms with Crippen LogP contribution in [0.15, 0.2) is 5.38 Å². The quantitative estimate of drug-likeness (QED) is 0.911. The van der Waals surface area contributed by atoms with Gasteiger partial charge < -0.3 is 10.1 Å². The predicted octanol–water partition coefficient (Wildman–Crippen LogP) is 3.10. The van der Waals surface area contributed by atoms with Crippen LogP contribution in [0.4, 0.5) is 0 Å². The van der Waals surface area contributed by atoms with Crippen molar-refractivity contribution in [3.05, 3.63) is 16.1 Å². The Balaban J connectivity index is 1.84. The minimum atomic E-state index is 0.156. The summed E-state index contributed by atoms with van der Waals surface area (Å²) >= 11 is 1.76. The molecule has 0 aliphatic carbocycles. The second kappa shape index (κ2) is 5.68. The molecule has 2 unspecified atom stereocenters. The number of thiazole rings is 1. The summed E-state index contributed by atoms with van der Waals surface area (Å²) in [5, 5.41) is 6.90. The minimum Gasteiger partial charge on any atom is -0.377 e. The van der Waals surface area contributed by atoms with Crippen LogP contribution in [-0.2, 0) is 16.7 Å². The first-order chi connectivity index (χ1) is 8.47. The summed E-state index contributed by atoms with van der Waals surface area (Å²) in [5.41, 5.74) is 1.30. The van der Waals surface area contributed by atoms with E-state index in [0.717, 1.165) is 18.8 Å². The van der Waals surface area contributed by atoms with Gasteiger partial charge in [0.2, 0.25) is 0 Å². The molecule has 1 saturated heterocycles. The van der Waals surface area contributed by atoms with Crippen LogP contribution in [-0.4, -0.2) is 23.7 Å². The van der Waals surface area contributed by atoms with Crippen LogP contribution in [0.2, 0.25) is 0 Å². The first-order valence-electron chi connectivity index (χ1n) is 6.76. The van der Waals surface area contributed by atoms with E-state index in [1.54, 1.807) is 11.3 Å². The van der Waals surface area contributed by atoms with Crippen molar-refractivity contribution in [1.82, 2.24) is 10.3 Å². The summed E-state index contributed by atoms with van der Waals surface area (Å²) in [7, 11) is 0. The highest BCUT2D eigenvalue weighted by atomic mass is 32.1. The Morgan fingerprint density at radius 3 is 2.89 bits per heavy atom. The van der Waals surface area contributed by atoms with E-state index in [2.05, 4.69) is 38.4 Å². The molecule has 1 fully saturated rings. The largest absolute Gasteiger partial charge is 0.377 e. The molecular weight excluding hydrogens is 244 g/mol. The normalized spacial score (nSPS) is 22.3. The molecule has 18 heavy (non-hydrogen) atoms. The lowest BCUT2D eigenvalue weighted by Crippen LogP contribution is -2.36. The molecule has 1 aromatic heterocycles. The predicted molar refractivity (Wildman–Crippen MR) is 76.1 cm³/mol. The van der Waals surface area contributed by atoms with Gasteiger partial charge in [0.25, 0.3) is 0 Å². The summed E-state index contributed by atoms with van der Waals surface area (Å²) in [5.74, 6) is 0. The Hall–Kier alpha value is -0.450. The van der Waals surface area contributed by atoms with Gasteiger partial charge in [-0.3, -0.25) is 0 Å². The van der Waals surface area contributed by atoms with Crippen LogP contribution in [0, 0.1) is 0 Å². The molecular formula is C14H24N2OS. The zero-order valence-corrected chi connectivity index (χ0v) is 12.6. The Labute approximate surface area is 114 Å². The third-order valence-corrected chi connectivity index (χ3v) is 4.64. The number of hydrogen-bond donors (Lipinski definition) is 1. The highest BCUT2D eigenvalue weighted by Gasteiger charge is 2.22. The highest BCUT2D eigenvalue weighted by Crippen LogP contribution is 2.25. The van der Waals surface area contributed by atoms with Crippen LogP contribution >= 0.6 is 11.3 Å². The maximum Gasteiger partial charge on any atom is 0.0982 e. The Morgan fingerprint density at radius 1 is 1.56 bits per heavy atom. The highest BCUT2D eigenvalue weighted by molar-refractivity contribution is 7.09. The van der Waals surface area contributed by atoms with Crippen molar-refractivity contribution in [1.29, 1.82) is 0 Å². The van der Waals surface area contributed by atoms with Crippen molar-refractivity contribution in [2.75, 3.05) is 6.61 Å². The van der Waals surface area contributed by atoms with Gasteiger partial charge in [-0.2, -0.15) is 0 Å². The summed E-state index contributed by atoms with van der Waals surface area (Å²) in [4.78, 5) is 4.70. The number of hydrogen-bond acceptors (Lipinski definition) is 4. The lowest BCUT2D eigenvalue weighted by Gasteiger charge is -2.19. The van der Waals surface area contributed by atoms with Crippen molar-refractivity contribution in [2.45, 2.75) is 64.6 Å². The maximum atomic E-state index is 5.68. The van der Waals surface area contributed by atoms with Crippen molar-refractivity contribution in [3.8, 4) is 0 Å². The zero-order valence-electron chi connectivity index (χ0n) is 11.8. The molecule has 0 spiro atoms. The van der Waals surface area contributed by atoms with E-state index in [-0.39, 0.29) is 5.41 Å². The minimum absolute atomic E-state index is 0.156. The summed E-state index contributed by atoms with van der Waals surface area (Å²) in [6.07, 6.45) is 2.76. The van der Waals surface area contributed by atoms with Gasteiger partial charge in [-0.25, -0.2) is 4.98 Å². The number of rotatable bonds is 4. The average molecular weight is 268 g/mol. The third kappa shape index (κ3) is 3.53. The fourth-order valence-electron chi connectivity index (χ4n) is 2.13. The van der Waals surface area contributed by atoms with Gasteiger partial charge >= 0.3 is 0 Å². The van der Waals surface area contributed by atoms with Gasteiger partial charge in [0, 0.05) is 30.0 Å². The summed E-state index contributed by atoms with van der Waals surface area (Å²) < 4.78 is 5.68. The second-order valence-electron chi connectivity index (χ2n) is 6.12. The fourth-order valence-corrected chi connectivity index (χ4v) is 3.03. The SMILES string of the molecule is CC(NCc1csc(C(C)(C)C)n1)C1CCCO1. The Bertz CT molecular complexity index is 377. The topological polar surface area (TPSA) is 34.2 Å². The van der Waals surface area contributed by atoms with Gasteiger partial charge in [0.05, 0.1) is 16.8 Å². The van der Waals surface area contributed by atoms with Gasteiger partial charge in [-0.05, 0) is 19.8 Å². The third-order valence-electron chi connectivity index (χ3n) is 3.32. The molecule has 1 aromatic rings. The standard InChI is InChI=1S/C14H24N2OS/c1-10(12-6-5-7-17-12)15-8-11-9-18-13(16-11)14(2,3)4/h9-10,12,15H,5-8H2,1-4H3. The molecule has 1 aliphatic heterocycles. The number of ether oxygens (including phenoxy) is 1. The first kappa shape index (κ1) is 14.0. The van der Waals surface area contributed by atoms with Crippen LogP contribution in [0.25, 0.3) is 0 Å². The van der Waals surface area contributed by atoms with E-state index in [4.69, 9.17) is 9.72 Å². The zero-order chi connectivity index (χ0) is 13.2. The first-order valence-corrected chi connectivity index (χ1v) is 7.64. The number of aromatic nitrogens is 1.